The van der Waals surface area contributed by atoms with Crippen LogP contribution in [-0.4, -0.2) is 33.9 Å². The van der Waals surface area contributed by atoms with Gasteiger partial charge in [-0.3, -0.25) is 9.36 Å². The Balaban J connectivity index is 1.74. The molecule has 2 aromatic heterocycles. The monoisotopic (exact) mass is 346 g/mol. The maximum Gasteiger partial charge on any atom is 0.330 e. The van der Waals surface area contributed by atoms with Crippen molar-refractivity contribution in [2.45, 2.75) is 25.1 Å². The highest BCUT2D eigenvalue weighted by atomic mass is 16.5. The predicted molar refractivity (Wildman–Crippen MR) is 91.7 cm³/mol. The van der Waals surface area contributed by atoms with Crippen molar-refractivity contribution >= 4 is 0 Å². The largest absolute Gasteiger partial charge is 0.481 e. The van der Waals surface area contributed by atoms with Gasteiger partial charge in [0.2, 0.25) is 5.88 Å². The molecule has 0 aliphatic carbocycles. The van der Waals surface area contributed by atoms with Gasteiger partial charge < -0.3 is 19.4 Å². The Labute approximate surface area is 145 Å². The maximum absolute atomic E-state index is 12.2. The predicted octanol–water partition coefficient (Wildman–Crippen LogP) is 0.107. The maximum atomic E-state index is 12.2. The molecule has 3 rings (SSSR count). The Hall–Kier alpha value is -2.45. The molecule has 0 saturated carbocycles. The van der Waals surface area contributed by atoms with Crippen molar-refractivity contribution in [2.24, 2.45) is 14.1 Å². The first-order valence-corrected chi connectivity index (χ1v) is 8.11. The van der Waals surface area contributed by atoms with Crippen LogP contribution in [0.25, 0.3) is 0 Å². The molecule has 25 heavy (non-hydrogen) atoms. The van der Waals surface area contributed by atoms with Gasteiger partial charge >= 0.3 is 5.69 Å². The molecule has 0 bridgehead atoms. The van der Waals surface area contributed by atoms with Gasteiger partial charge in [0, 0.05) is 62.9 Å². The zero-order valence-corrected chi connectivity index (χ0v) is 14.6. The third kappa shape index (κ3) is 3.49. The van der Waals surface area contributed by atoms with Crippen molar-refractivity contribution in [1.29, 1.82) is 0 Å². The Bertz CT molecular complexity index is 856. The number of aryl methyl sites for hydroxylation is 1. The van der Waals surface area contributed by atoms with E-state index in [9.17, 15) is 9.59 Å². The first-order chi connectivity index (χ1) is 12.0. The lowest BCUT2D eigenvalue weighted by Crippen LogP contribution is -2.41. The molecule has 0 radical (unpaired) electrons. The molecule has 0 spiro atoms. The molecule has 0 aromatic carbocycles. The molecule has 3 heterocycles. The summed E-state index contributed by atoms with van der Waals surface area (Å²) in [6.45, 7) is 1.01. The number of hydrogen-bond acceptors (Lipinski definition) is 6. The van der Waals surface area contributed by atoms with Crippen molar-refractivity contribution in [3.63, 3.8) is 0 Å². The summed E-state index contributed by atoms with van der Waals surface area (Å²) in [7, 11) is 4.70. The van der Waals surface area contributed by atoms with Gasteiger partial charge in [0.15, 0.2) is 0 Å². The molecule has 1 N–H and O–H groups in total. The summed E-state index contributed by atoms with van der Waals surface area (Å²) in [5.74, 6) is 0.556. The Morgan fingerprint density at radius 3 is 2.84 bits per heavy atom. The van der Waals surface area contributed by atoms with Crippen molar-refractivity contribution in [1.82, 2.24) is 19.4 Å². The second-order valence-electron chi connectivity index (χ2n) is 6.11. The number of ether oxygens (including phenoxy) is 2. The molecule has 2 atom stereocenters. The highest BCUT2D eigenvalue weighted by molar-refractivity contribution is 5.22. The van der Waals surface area contributed by atoms with Crippen molar-refractivity contribution in [3.8, 4) is 5.88 Å². The van der Waals surface area contributed by atoms with Crippen LogP contribution in [0.4, 0.5) is 0 Å². The summed E-state index contributed by atoms with van der Waals surface area (Å²) in [6, 6.07) is 3.80. The summed E-state index contributed by atoms with van der Waals surface area (Å²) in [6.07, 6.45) is 4.03. The molecular formula is C17H22N4O4. The van der Waals surface area contributed by atoms with E-state index < -0.39 is 0 Å². The van der Waals surface area contributed by atoms with E-state index in [0.29, 0.717) is 24.6 Å². The lowest BCUT2D eigenvalue weighted by atomic mass is 10.0. The van der Waals surface area contributed by atoms with Gasteiger partial charge in [-0.15, -0.1) is 0 Å². The van der Waals surface area contributed by atoms with E-state index in [0.717, 1.165) is 16.6 Å². The molecule has 1 fully saturated rings. The number of nitrogens with one attached hydrogen (secondary N) is 1. The number of methoxy groups -OCH3 is 1. The highest BCUT2D eigenvalue weighted by Crippen LogP contribution is 2.29. The van der Waals surface area contributed by atoms with Crippen LogP contribution in [0.5, 0.6) is 5.88 Å². The molecule has 2 aromatic rings. The lowest BCUT2D eigenvalue weighted by molar-refractivity contribution is 0.0981. The van der Waals surface area contributed by atoms with Gasteiger partial charge in [0.25, 0.3) is 5.56 Å². The van der Waals surface area contributed by atoms with E-state index in [-0.39, 0.29) is 23.4 Å². The minimum atomic E-state index is -0.333. The second kappa shape index (κ2) is 7.20. The molecule has 8 nitrogen and oxygen atoms in total. The molecule has 134 valence electrons. The van der Waals surface area contributed by atoms with E-state index in [4.69, 9.17) is 9.47 Å². The fourth-order valence-corrected chi connectivity index (χ4v) is 3.05. The molecule has 0 unspecified atom stereocenters. The van der Waals surface area contributed by atoms with Crippen LogP contribution in [-0.2, 0) is 25.4 Å². The summed E-state index contributed by atoms with van der Waals surface area (Å²) in [5, 5.41) is 3.38. The fraction of sp³-hybridized carbons (Fsp3) is 0.471. The Morgan fingerprint density at radius 1 is 1.36 bits per heavy atom. The fourth-order valence-electron chi connectivity index (χ4n) is 3.05. The lowest BCUT2D eigenvalue weighted by Gasteiger charge is -2.20. The van der Waals surface area contributed by atoms with Crippen molar-refractivity contribution in [2.75, 3.05) is 13.7 Å². The smallest absolute Gasteiger partial charge is 0.330 e. The number of aromatic nitrogens is 3. The van der Waals surface area contributed by atoms with E-state index >= 15 is 0 Å². The van der Waals surface area contributed by atoms with Crippen LogP contribution in [0.15, 0.2) is 34.1 Å². The van der Waals surface area contributed by atoms with Crippen molar-refractivity contribution < 1.29 is 9.47 Å². The zero-order chi connectivity index (χ0) is 18.0. The number of hydrogen-bond donors (Lipinski definition) is 1. The Kier molecular flexibility index (Phi) is 5.00. The first-order valence-electron chi connectivity index (χ1n) is 8.11. The average molecular weight is 346 g/mol. The topological polar surface area (TPSA) is 87.4 Å². The third-order valence-electron chi connectivity index (χ3n) is 4.46. The average Bonchev–Trinajstić information content (AvgIpc) is 3.10. The number of pyridine rings is 1. The van der Waals surface area contributed by atoms with Crippen molar-refractivity contribution in [3.05, 3.63) is 56.5 Å². The van der Waals surface area contributed by atoms with Crippen LogP contribution in [0.3, 0.4) is 0 Å². The highest BCUT2D eigenvalue weighted by Gasteiger charge is 2.29. The quantitative estimate of drug-likeness (QED) is 0.827. The summed E-state index contributed by atoms with van der Waals surface area (Å²) in [4.78, 5) is 28.2. The van der Waals surface area contributed by atoms with Gasteiger partial charge in [-0.05, 0) is 12.5 Å². The van der Waals surface area contributed by atoms with Crippen LogP contribution >= 0.6 is 0 Å². The Morgan fingerprint density at radius 2 is 2.16 bits per heavy atom. The van der Waals surface area contributed by atoms with Crippen LogP contribution in [0.2, 0.25) is 0 Å². The first kappa shape index (κ1) is 17.4. The summed E-state index contributed by atoms with van der Waals surface area (Å²) >= 11 is 0. The molecule has 1 saturated heterocycles. The van der Waals surface area contributed by atoms with Gasteiger partial charge in [0.1, 0.15) is 0 Å². The summed E-state index contributed by atoms with van der Waals surface area (Å²) in [5.41, 5.74) is 0.893. The third-order valence-corrected chi connectivity index (χ3v) is 4.46. The van der Waals surface area contributed by atoms with Gasteiger partial charge in [-0.1, -0.05) is 0 Å². The van der Waals surface area contributed by atoms with E-state index in [1.54, 1.807) is 32.6 Å². The standard InChI is InChI=1S/C17H22N4O4/c1-20-10-12(16(22)21(2)17(20)23)9-18-13-6-7-25-15(13)11-4-5-14(24-3)19-8-11/h4-5,8,10,13,15,18H,6-7,9H2,1-3H3/t13-,15+/m0/s1. The number of nitrogens with zero attached hydrogens (tertiary/aromatic N) is 3. The minimum absolute atomic E-state index is 0.0668. The van der Waals surface area contributed by atoms with Crippen LogP contribution in [0.1, 0.15) is 23.7 Å². The van der Waals surface area contributed by atoms with Gasteiger partial charge in [0.05, 0.1) is 13.2 Å². The molecule has 1 aliphatic heterocycles. The van der Waals surface area contributed by atoms with E-state index in [1.165, 1.54) is 11.6 Å². The molecule has 1 aliphatic rings. The van der Waals surface area contributed by atoms with E-state index in [2.05, 4.69) is 10.3 Å². The molecule has 8 heteroatoms. The SMILES string of the molecule is COc1ccc([C@H]2OCC[C@@H]2NCc2cn(C)c(=O)n(C)c2=O)cn1. The zero-order valence-electron chi connectivity index (χ0n) is 14.6. The normalized spacial score (nSPS) is 20.0. The van der Waals surface area contributed by atoms with Gasteiger partial charge in [-0.25, -0.2) is 9.78 Å². The van der Waals surface area contributed by atoms with Crippen LogP contribution in [0, 0.1) is 0 Å². The second-order valence-corrected chi connectivity index (χ2v) is 6.11. The molecule has 0 amide bonds. The minimum Gasteiger partial charge on any atom is -0.481 e. The molecular weight excluding hydrogens is 324 g/mol. The van der Waals surface area contributed by atoms with E-state index in [1.807, 2.05) is 6.07 Å². The summed E-state index contributed by atoms with van der Waals surface area (Å²) < 4.78 is 13.4. The number of rotatable bonds is 5. The van der Waals surface area contributed by atoms with Crippen LogP contribution < -0.4 is 21.3 Å². The van der Waals surface area contributed by atoms with Gasteiger partial charge in [-0.2, -0.15) is 0 Å².